The summed E-state index contributed by atoms with van der Waals surface area (Å²) < 4.78 is 21.8. The molecule has 0 bridgehead atoms. The van der Waals surface area contributed by atoms with E-state index in [1.165, 1.54) is 0 Å². The molecule has 0 aliphatic carbocycles. The van der Waals surface area contributed by atoms with E-state index < -0.39 is 0 Å². The van der Waals surface area contributed by atoms with Gasteiger partial charge in [-0.25, -0.2) is 0 Å². The second kappa shape index (κ2) is 13.4. The van der Waals surface area contributed by atoms with E-state index in [1.54, 1.807) is 27.5 Å². The van der Waals surface area contributed by atoms with Crippen LogP contribution in [-0.4, -0.2) is 71.5 Å². The lowest BCUT2D eigenvalue weighted by atomic mass is 10.0. The van der Waals surface area contributed by atoms with Gasteiger partial charge >= 0.3 is 0 Å². The first kappa shape index (κ1) is 25.3. The average Bonchev–Trinajstić information content (AvgIpc) is 3.32. The Hall–Kier alpha value is -1.98. The summed E-state index contributed by atoms with van der Waals surface area (Å²) >= 11 is 0. The summed E-state index contributed by atoms with van der Waals surface area (Å²) in [5.41, 5.74) is 1.16. The maximum Gasteiger partial charge on any atom is 0.191 e. The van der Waals surface area contributed by atoms with Crippen LogP contribution in [-0.2, 0) is 11.2 Å². The molecule has 1 saturated heterocycles. The number of furan rings is 1. The van der Waals surface area contributed by atoms with Crippen LogP contribution in [0.2, 0.25) is 0 Å². The summed E-state index contributed by atoms with van der Waals surface area (Å²) in [7, 11) is 5.09. The third kappa shape index (κ3) is 7.29. The van der Waals surface area contributed by atoms with Crippen molar-refractivity contribution in [2.45, 2.75) is 12.5 Å². The fourth-order valence-electron chi connectivity index (χ4n) is 3.58. The van der Waals surface area contributed by atoms with Crippen LogP contribution in [0.25, 0.3) is 0 Å². The van der Waals surface area contributed by atoms with Crippen molar-refractivity contribution in [1.82, 2.24) is 15.5 Å². The Bertz CT molecular complexity index is 795. The van der Waals surface area contributed by atoms with Crippen LogP contribution in [0.5, 0.6) is 11.5 Å². The third-order valence-corrected chi connectivity index (χ3v) is 5.21. The van der Waals surface area contributed by atoms with Gasteiger partial charge in [-0.3, -0.25) is 9.89 Å². The molecule has 1 aromatic heterocycles. The van der Waals surface area contributed by atoms with Crippen molar-refractivity contribution in [3.63, 3.8) is 0 Å². The van der Waals surface area contributed by atoms with E-state index in [2.05, 4.69) is 26.6 Å². The molecular formula is C22H33IN4O4. The predicted molar refractivity (Wildman–Crippen MR) is 132 cm³/mol. The van der Waals surface area contributed by atoms with Crippen LogP contribution >= 0.6 is 24.0 Å². The Kier molecular flexibility index (Phi) is 11.0. The minimum absolute atomic E-state index is 0. The molecule has 3 rings (SSSR count). The molecular weight excluding hydrogens is 511 g/mol. The van der Waals surface area contributed by atoms with Crippen molar-refractivity contribution in [2.24, 2.45) is 4.99 Å². The minimum Gasteiger partial charge on any atom is -0.493 e. The zero-order valence-corrected chi connectivity index (χ0v) is 20.8. The zero-order chi connectivity index (χ0) is 21.2. The summed E-state index contributed by atoms with van der Waals surface area (Å²) in [6.07, 6.45) is 2.49. The molecule has 0 spiro atoms. The molecule has 1 aliphatic heterocycles. The number of methoxy groups -OCH3 is 2. The molecule has 0 saturated carbocycles. The fourth-order valence-corrected chi connectivity index (χ4v) is 3.58. The standard InChI is InChI=1S/C22H32N4O4.HI/c1-23-22(24-9-8-18-5-4-12-30-18)25-16-19(26-10-13-29-14-11-26)17-6-7-20(27-2)21(15-17)28-3;/h4-7,12,15,19H,8-11,13-14,16H2,1-3H3,(H2,23,24,25);1H. The molecule has 1 unspecified atom stereocenters. The topological polar surface area (TPSA) is 80.5 Å². The van der Waals surface area contributed by atoms with Gasteiger partial charge in [0.2, 0.25) is 0 Å². The highest BCUT2D eigenvalue weighted by Crippen LogP contribution is 2.32. The molecule has 2 aromatic rings. The van der Waals surface area contributed by atoms with Gasteiger partial charge in [-0.2, -0.15) is 0 Å². The van der Waals surface area contributed by atoms with Crippen molar-refractivity contribution in [3.05, 3.63) is 47.9 Å². The SMILES string of the molecule is CN=C(NCCc1ccco1)NCC(c1ccc(OC)c(OC)c1)N1CCOCC1.I. The van der Waals surface area contributed by atoms with E-state index in [0.717, 1.165) is 68.1 Å². The lowest BCUT2D eigenvalue weighted by Gasteiger charge is -2.35. The van der Waals surface area contributed by atoms with E-state index >= 15 is 0 Å². The molecule has 0 amide bonds. The van der Waals surface area contributed by atoms with Crippen LogP contribution in [0.3, 0.4) is 0 Å². The summed E-state index contributed by atoms with van der Waals surface area (Å²) in [6.45, 7) is 4.68. The number of ether oxygens (including phenoxy) is 3. The first-order valence-corrected chi connectivity index (χ1v) is 10.3. The van der Waals surface area contributed by atoms with Gasteiger partial charge in [0.05, 0.1) is 39.7 Å². The number of rotatable bonds is 9. The van der Waals surface area contributed by atoms with Gasteiger partial charge in [-0.1, -0.05) is 6.07 Å². The molecule has 1 aromatic carbocycles. The second-order valence-corrected chi connectivity index (χ2v) is 6.99. The quantitative estimate of drug-likeness (QED) is 0.286. The Morgan fingerprint density at radius 1 is 1.13 bits per heavy atom. The van der Waals surface area contributed by atoms with Gasteiger partial charge < -0.3 is 29.3 Å². The van der Waals surface area contributed by atoms with Crippen molar-refractivity contribution >= 4 is 29.9 Å². The normalized spacial score (nSPS) is 15.6. The number of halogens is 1. The van der Waals surface area contributed by atoms with Gasteiger partial charge in [0.1, 0.15) is 5.76 Å². The molecule has 2 heterocycles. The number of hydrogen-bond acceptors (Lipinski definition) is 6. The van der Waals surface area contributed by atoms with Crippen molar-refractivity contribution in [3.8, 4) is 11.5 Å². The average molecular weight is 544 g/mol. The van der Waals surface area contributed by atoms with Gasteiger partial charge in [-0.15, -0.1) is 24.0 Å². The van der Waals surface area contributed by atoms with E-state index in [4.69, 9.17) is 18.6 Å². The first-order chi connectivity index (χ1) is 14.7. The number of morpholine rings is 1. The first-order valence-electron chi connectivity index (χ1n) is 10.3. The molecule has 1 fully saturated rings. The minimum atomic E-state index is 0. The molecule has 31 heavy (non-hydrogen) atoms. The van der Waals surface area contributed by atoms with E-state index in [-0.39, 0.29) is 30.0 Å². The zero-order valence-electron chi connectivity index (χ0n) is 18.4. The highest BCUT2D eigenvalue weighted by molar-refractivity contribution is 14.0. The summed E-state index contributed by atoms with van der Waals surface area (Å²) in [6, 6.07) is 10.1. The number of benzene rings is 1. The Morgan fingerprint density at radius 2 is 1.90 bits per heavy atom. The van der Waals surface area contributed by atoms with Crippen molar-refractivity contribution in [2.75, 3.05) is 60.7 Å². The predicted octanol–water partition coefficient (Wildman–Crippen LogP) is 2.70. The number of aliphatic imine (C=N–C) groups is 1. The number of nitrogens with one attached hydrogen (secondary N) is 2. The summed E-state index contributed by atoms with van der Waals surface area (Å²) in [5, 5.41) is 6.81. The van der Waals surface area contributed by atoms with Crippen LogP contribution < -0.4 is 20.1 Å². The molecule has 2 N–H and O–H groups in total. The van der Waals surface area contributed by atoms with E-state index in [1.807, 2.05) is 24.3 Å². The molecule has 1 aliphatic rings. The molecule has 172 valence electrons. The lowest BCUT2D eigenvalue weighted by Crippen LogP contribution is -2.46. The molecule has 0 radical (unpaired) electrons. The summed E-state index contributed by atoms with van der Waals surface area (Å²) in [5.74, 6) is 3.18. The Morgan fingerprint density at radius 3 is 2.55 bits per heavy atom. The number of nitrogens with zero attached hydrogens (tertiary/aromatic N) is 2. The Balaban J connectivity index is 0.00000341. The number of hydrogen-bond donors (Lipinski definition) is 2. The largest absolute Gasteiger partial charge is 0.493 e. The molecule has 9 heteroatoms. The van der Waals surface area contributed by atoms with Crippen LogP contribution in [0.4, 0.5) is 0 Å². The van der Waals surface area contributed by atoms with Crippen LogP contribution in [0.1, 0.15) is 17.4 Å². The van der Waals surface area contributed by atoms with Crippen molar-refractivity contribution < 1.29 is 18.6 Å². The van der Waals surface area contributed by atoms with Gasteiger partial charge in [-0.05, 0) is 29.8 Å². The second-order valence-electron chi connectivity index (χ2n) is 6.99. The van der Waals surface area contributed by atoms with Crippen LogP contribution in [0, 0.1) is 0 Å². The van der Waals surface area contributed by atoms with Gasteiger partial charge in [0.15, 0.2) is 17.5 Å². The summed E-state index contributed by atoms with van der Waals surface area (Å²) in [4.78, 5) is 6.78. The monoisotopic (exact) mass is 544 g/mol. The van der Waals surface area contributed by atoms with E-state index in [0.29, 0.717) is 6.54 Å². The lowest BCUT2D eigenvalue weighted by molar-refractivity contribution is 0.0169. The fraction of sp³-hybridized carbons (Fsp3) is 0.500. The van der Waals surface area contributed by atoms with Crippen molar-refractivity contribution in [1.29, 1.82) is 0 Å². The highest BCUT2D eigenvalue weighted by atomic mass is 127. The van der Waals surface area contributed by atoms with Gasteiger partial charge in [0, 0.05) is 39.6 Å². The Labute approximate surface area is 201 Å². The third-order valence-electron chi connectivity index (χ3n) is 5.21. The molecule has 8 nitrogen and oxygen atoms in total. The number of guanidine groups is 1. The van der Waals surface area contributed by atoms with Crippen LogP contribution in [0.15, 0.2) is 46.0 Å². The molecule has 1 atom stereocenters. The highest BCUT2D eigenvalue weighted by Gasteiger charge is 2.24. The maximum absolute atomic E-state index is 5.55. The smallest absolute Gasteiger partial charge is 0.191 e. The van der Waals surface area contributed by atoms with Gasteiger partial charge in [0.25, 0.3) is 0 Å². The maximum atomic E-state index is 5.55. The van der Waals surface area contributed by atoms with E-state index in [9.17, 15) is 0 Å².